The van der Waals surface area contributed by atoms with E-state index in [-0.39, 0.29) is 55.5 Å². The van der Waals surface area contributed by atoms with Gasteiger partial charge < -0.3 is 9.64 Å². The number of hydrogen-bond donors (Lipinski definition) is 0. The van der Waals surface area contributed by atoms with Crippen molar-refractivity contribution in [2.45, 2.75) is 63.3 Å². The fourth-order valence-electron chi connectivity index (χ4n) is 5.34. The number of imide groups is 1. The summed E-state index contributed by atoms with van der Waals surface area (Å²) in [4.78, 5) is 60.2. The molecule has 1 aromatic carbocycles. The fourth-order valence-corrected chi connectivity index (χ4v) is 5.34. The molecule has 0 spiro atoms. The normalized spacial score (nSPS) is 22.1. The average Bonchev–Trinajstić information content (AvgIpc) is 3.13. The average molecular weight is 492 g/mol. The van der Waals surface area contributed by atoms with Crippen LogP contribution in [0.2, 0.25) is 0 Å². The molecule has 0 aliphatic carbocycles. The summed E-state index contributed by atoms with van der Waals surface area (Å²) >= 11 is 0. The van der Waals surface area contributed by atoms with E-state index in [9.17, 15) is 19.2 Å². The molecular weight excluding hydrogens is 458 g/mol. The highest BCUT2D eigenvalue weighted by Crippen LogP contribution is 2.41. The summed E-state index contributed by atoms with van der Waals surface area (Å²) in [5.74, 6) is -1.16. The minimum atomic E-state index is -1.26. The van der Waals surface area contributed by atoms with Gasteiger partial charge in [-0.1, -0.05) is 36.4 Å². The van der Waals surface area contributed by atoms with Gasteiger partial charge in [-0.15, -0.1) is 0 Å². The van der Waals surface area contributed by atoms with Crippen molar-refractivity contribution in [3.8, 4) is 0 Å². The zero-order valence-corrected chi connectivity index (χ0v) is 20.7. The Balaban J connectivity index is 1.57. The van der Waals surface area contributed by atoms with Crippen LogP contribution in [0.25, 0.3) is 0 Å². The number of esters is 1. The number of amides is 3. The highest BCUT2D eigenvalue weighted by Gasteiger charge is 2.54. The monoisotopic (exact) mass is 491 g/mol. The Labute approximate surface area is 211 Å². The van der Waals surface area contributed by atoms with E-state index in [0.29, 0.717) is 31.6 Å². The first kappa shape index (κ1) is 25.5. The number of rotatable bonds is 9. The SMILES string of the molecule is CCOC(=O)CC1CCCCN1C(=O)CC1(c2ccccc2)CC(=O)N(CCc2ccccn2)C1=O. The smallest absolute Gasteiger partial charge is 0.307 e. The van der Waals surface area contributed by atoms with E-state index < -0.39 is 5.41 Å². The number of likely N-dealkylation sites (tertiary alicyclic amines) is 2. The van der Waals surface area contributed by atoms with Crippen molar-refractivity contribution < 1.29 is 23.9 Å². The van der Waals surface area contributed by atoms with Crippen LogP contribution in [0.1, 0.15) is 56.7 Å². The first-order valence-electron chi connectivity index (χ1n) is 12.7. The predicted octanol–water partition coefficient (Wildman–Crippen LogP) is 3.05. The Morgan fingerprint density at radius 2 is 1.86 bits per heavy atom. The Bertz CT molecular complexity index is 1090. The van der Waals surface area contributed by atoms with Crippen molar-refractivity contribution in [2.75, 3.05) is 19.7 Å². The second-order valence-corrected chi connectivity index (χ2v) is 9.47. The molecule has 3 amide bonds. The Hall–Kier alpha value is -3.55. The van der Waals surface area contributed by atoms with Gasteiger partial charge in [0.05, 0.1) is 18.4 Å². The maximum absolute atomic E-state index is 13.9. The van der Waals surface area contributed by atoms with Gasteiger partial charge in [-0.3, -0.25) is 29.1 Å². The number of benzene rings is 1. The van der Waals surface area contributed by atoms with E-state index in [1.807, 2.05) is 48.5 Å². The number of nitrogens with zero attached hydrogens (tertiary/aromatic N) is 3. The number of pyridine rings is 1. The molecule has 0 N–H and O–H groups in total. The van der Waals surface area contributed by atoms with Gasteiger partial charge in [0.2, 0.25) is 17.7 Å². The standard InChI is InChI=1S/C28H33N3O5/c1-2-36-26(34)18-23-13-7-9-16-30(23)24(32)19-28(21-10-4-3-5-11-21)20-25(33)31(27(28)35)17-14-22-12-6-8-15-29-22/h3-6,8,10-12,15,23H,2,7,9,13-14,16-20H2,1H3. The largest absolute Gasteiger partial charge is 0.466 e. The highest BCUT2D eigenvalue weighted by molar-refractivity contribution is 6.10. The van der Waals surface area contributed by atoms with Gasteiger partial charge in [0, 0.05) is 50.3 Å². The molecular formula is C28H33N3O5. The van der Waals surface area contributed by atoms with Gasteiger partial charge in [0.1, 0.15) is 0 Å². The summed E-state index contributed by atoms with van der Waals surface area (Å²) in [6.45, 7) is 2.79. The summed E-state index contributed by atoms with van der Waals surface area (Å²) in [6, 6.07) is 14.4. The molecule has 0 bridgehead atoms. The molecule has 0 saturated carbocycles. The molecule has 2 saturated heterocycles. The molecule has 2 unspecified atom stereocenters. The lowest BCUT2D eigenvalue weighted by Crippen LogP contribution is -2.49. The molecule has 8 heteroatoms. The van der Waals surface area contributed by atoms with Gasteiger partial charge in [-0.25, -0.2) is 0 Å². The predicted molar refractivity (Wildman–Crippen MR) is 133 cm³/mol. The van der Waals surface area contributed by atoms with Crippen molar-refractivity contribution in [1.29, 1.82) is 0 Å². The van der Waals surface area contributed by atoms with E-state index in [4.69, 9.17) is 4.74 Å². The van der Waals surface area contributed by atoms with Crippen LogP contribution >= 0.6 is 0 Å². The summed E-state index contributed by atoms with van der Waals surface area (Å²) < 4.78 is 5.12. The van der Waals surface area contributed by atoms with Crippen molar-refractivity contribution in [3.63, 3.8) is 0 Å². The maximum atomic E-state index is 13.9. The summed E-state index contributed by atoms with van der Waals surface area (Å²) in [7, 11) is 0. The number of aromatic nitrogens is 1. The Morgan fingerprint density at radius 3 is 2.58 bits per heavy atom. The summed E-state index contributed by atoms with van der Waals surface area (Å²) in [6.07, 6.45) is 4.59. The summed E-state index contributed by atoms with van der Waals surface area (Å²) in [5.41, 5.74) is 0.198. The van der Waals surface area contributed by atoms with Crippen LogP contribution in [0.5, 0.6) is 0 Å². The third kappa shape index (κ3) is 5.48. The molecule has 3 heterocycles. The number of piperidine rings is 1. The molecule has 1 aromatic heterocycles. The molecule has 190 valence electrons. The van der Waals surface area contributed by atoms with Crippen molar-refractivity contribution in [3.05, 3.63) is 66.0 Å². The van der Waals surface area contributed by atoms with Crippen molar-refractivity contribution >= 4 is 23.7 Å². The quantitative estimate of drug-likeness (QED) is 0.395. The summed E-state index contributed by atoms with van der Waals surface area (Å²) in [5, 5.41) is 0. The van der Waals surface area contributed by atoms with Crippen LogP contribution in [-0.2, 0) is 35.8 Å². The Kier molecular flexibility index (Phi) is 8.13. The van der Waals surface area contributed by atoms with E-state index in [2.05, 4.69) is 4.98 Å². The maximum Gasteiger partial charge on any atom is 0.307 e. The topological polar surface area (TPSA) is 96.9 Å². The third-order valence-electron chi connectivity index (χ3n) is 7.16. The Morgan fingerprint density at radius 1 is 1.08 bits per heavy atom. The zero-order valence-electron chi connectivity index (χ0n) is 20.7. The first-order valence-corrected chi connectivity index (χ1v) is 12.7. The van der Waals surface area contributed by atoms with Gasteiger partial charge in [0.15, 0.2) is 0 Å². The van der Waals surface area contributed by atoms with Gasteiger partial charge in [-0.05, 0) is 43.9 Å². The van der Waals surface area contributed by atoms with Gasteiger partial charge in [-0.2, -0.15) is 0 Å². The van der Waals surface area contributed by atoms with Crippen LogP contribution in [0.4, 0.5) is 0 Å². The second kappa shape index (κ2) is 11.5. The molecule has 2 atom stereocenters. The lowest BCUT2D eigenvalue weighted by atomic mass is 9.75. The minimum Gasteiger partial charge on any atom is -0.466 e. The fraction of sp³-hybridized carbons (Fsp3) is 0.464. The zero-order chi connectivity index (χ0) is 25.5. The van der Waals surface area contributed by atoms with Crippen LogP contribution in [0.3, 0.4) is 0 Å². The molecule has 4 rings (SSSR count). The van der Waals surface area contributed by atoms with E-state index in [1.165, 1.54) is 4.90 Å². The molecule has 2 aliphatic rings. The minimum absolute atomic E-state index is 0.0554. The highest BCUT2D eigenvalue weighted by atomic mass is 16.5. The van der Waals surface area contributed by atoms with Crippen molar-refractivity contribution in [1.82, 2.24) is 14.8 Å². The number of hydrogen-bond acceptors (Lipinski definition) is 6. The molecule has 8 nitrogen and oxygen atoms in total. The van der Waals surface area contributed by atoms with E-state index in [1.54, 1.807) is 18.0 Å². The lowest BCUT2D eigenvalue weighted by Gasteiger charge is -2.37. The van der Waals surface area contributed by atoms with Gasteiger partial charge in [0.25, 0.3) is 0 Å². The van der Waals surface area contributed by atoms with Crippen LogP contribution < -0.4 is 0 Å². The third-order valence-corrected chi connectivity index (χ3v) is 7.16. The molecule has 0 radical (unpaired) electrons. The van der Waals surface area contributed by atoms with Crippen LogP contribution in [0.15, 0.2) is 54.7 Å². The van der Waals surface area contributed by atoms with E-state index >= 15 is 0 Å². The number of carbonyl (C=O) groups is 4. The second-order valence-electron chi connectivity index (χ2n) is 9.47. The number of carbonyl (C=O) groups excluding carboxylic acids is 4. The molecule has 2 fully saturated rings. The molecule has 36 heavy (non-hydrogen) atoms. The van der Waals surface area contributed by atoms with Crippen LogP contribution in [0, 0.1) is 0 Å². The molecule has 2 aromatic rings. The van der Waals surface area contributed by atoms with Gasteiger partial charge >= 0.3 is 5.97 Å². The first-order chi connectivity index (χ1) is 17.4. The van der Waals surface area contributed by atoms with Crippen molar-refractivity contribution in [2.24, 2.45) is 0 Å². The van der Waals surface area contributed by atoms with E-state index in [0.717, 1.165) is 18.5 Å². The number of ether oxygens (including phenoxy) is 1. The van der Waals surface area contributed by atoms with Crippen LogP contribution in [-0.4, -0.2) is 64.2 Å². The molecule has 2 aliphatic heterocycles. The lowest BCUT2D eigenvalue weighted by molar-refractivity contribution is -0.148.